The molecular weight excluding hydrogens is 581 g/mol. The molecule has 0 amide bonds. The first-order chi connectivity index (χ1) is 22.8. The van der Waals surface area contributed by atoms with Gasteiger partial charge in [-0.3, -0.25) is 0 Å². The van der Waals surface area contributed by atoms with Gasteiger partial charge in [-0.25, -0.2) is 0 Å². The van der Waals surface area contributed by atoms with Crippen LogP contribution in [0.3, 0.4) is 0 Å². The van der Waals surface area contributed by atoms with Crippen LogP contribution in [0.15, 0.2) is 150 Å². The van der Waals surface area contributed by atoms with Crippen LogP contribution in [0.5, 0.6) is 0 Å². The molecule has 0 saturated carbocycles. The SMILES string of the molecule is c1ccc(-n2c3ccccc3c3c4oc5ccccc5c4c4c(c5ccccc5n4-c4ccc5sc6ccccc6c5c4)c32)cc1. The smallest absolute Gasteiger partial charge is 0.147 e. The van der Waals surface area contributed by atoms with Crippen LogP contribution in [0.4, 0.5) is 0 Å². The predicted octanol–water partition coefficient (Wildman–Crippen LogP) is 12.1. The number of hydrogen-bond acceptors (Lipinski definition) is 2. The van der Waals surface area contributed by atoms with Crippen LogP contribution in [0.2, 0.25) is 0 Å². The van der Waals surface area contributed by atoms with E-state index in [1.807, 2.05) is 11.3 Å². The second-order valence-electron chi connectivity index (χ2n) is 12.1. The molecule has 0 spiro atoms. The fraction of sp³-hybridized carbons (Fsp3) is 0. The molecule has 0 N–H and O–H groups in total. The number of para-hydroxylation sites is 4. The molecule has 11 aromatic rings. The molecule has 0 saturated heterocycles. The summed E-state index contributed by atoms with van der Waals surface area (Å²) in [6, 6.07) is 52.5. The highest BCUT2D eigenvalue weighted by molar-refractivity contribution is 7.25. The summed E-state index contributed by atoms with van der Waals surface area (Å²) in [4.78, 5) is 0. The van der Waals surface area contributed by atoms with Crippen LogP contribution in [-0.4, -0.2) is 9.13 Å². The average molecular weight is 605 g/mol. The zero-order valence-corrected chi connectivity index (χ0v) is 25.4. The molecule has 0 unspecified atom stereocenters. The van der Waals surface area contributed by atoms with E-state index in [-0.39, 0.29) is 0 Å². The van der Waals surface area contributed by atoms with Gasteiger partial charge in [0.25, 0.3) is 0 Å². The normalized spacial score (nSPS) is 12.3. The van der Waals surface area contributed by atoms with Crippen molar-refractivity contribution in [1.29, 1.82) is 0 Å². The fourth-order valence-electron chi connectivity index (χ4n) is 7.85. The van der Waals surface area contributed by atoms with Crippen LogP contribution in [0.1, 0.15) is 0 Å². The van der Waals surface area contributed by atoms with Crippen molar-refractivity contribution < 1.29 is 4.42 Å². The molecule has 0 aliphatic rings. The van der Waals surface area contributed by atoms with Crippen molar-refractivity contribution in [1.82, 2.24) is 9.13 Å². The molecule has 11 rings (SSSR count). The van der Waals surface area contributed by atoms with E-state index in [0.29, 0.717) is 0 Å². The first-order valence-corrected chi connectivity index (χ1v) is 16.4. The molecule has 4 heteroatoms. The summed E-state index contributed by atoms with van der Waals surface area (Å²) >= 11 is 1.86. The molecule has 0 bridgehead atoms. The number of rotatable bonds is 2. The van der Waals surface area contributed by atoms with E-state index in [0.717, 1.165) is 38.7 Å². The minimum Gasteiger partial charge on any atom is -0.455 e. The zero-order chi connectivity index (χ0) is 29.9. The van der Waals surface area contributed by atoms with Gasteiger partial charge >= 0.3 is 0 Å². The molecule has 0 fully saturated rings. The van der Waals surface area contributed by atoms with Crippen molar-refractivity contribution in [2.45, 2.75) is 0 Å². The lowest BCUT2D eigenvalue weighted by Gasteiger charge is -2.11. The molecule has 46 heavy (non-hydrogen) atoms. The second-order valence-corrected chi connectivity index (χ2v) is 13.2. The van der Waals surface area contributed by atoms with Crippen molar-refractivity contribution in [2.24, 2.45) is 0 Å². The third kappa shape index (κ3) is 3.06. The summed E-state index contributed by atoms with van der Waals surface area (Å²) in [7, 11) is 0. The molecule has 0 radical (unpaired) electrons. The highest BCUT2D eigenvalue weighted by atomic mass is 32.1. The summed E-state index contributed by atoms with van der Waals surface area (Å²) < 4.78 is 14.4. The maximum atomic E-state index is 6.91. The van der Waals surface area contributed by atoms with E-state index in [1.54, 1.807) is 0 Å². The Bertz CT molecular complexity index is 3030. The monoisotopic (exact) mass is 604 g/mol. The topological polar surface area (TPSA) is 23.0 Å². The maximum Gasteiger partial charge on any atom is 0.147 e. The van der Waals surface area contributed by atoms with Gasteiger partial charge in [0.1, 0.15) is 11.2 Å². The molecule has 214 valence electrons. The van der Waals surface area contributed by atoms with Gasteiger partial charge in [-0.05, 0) is 54.6 Å². The quantitative estimate of drug-likeness (QED) is 0.192. The van der Waals surface area contributed by atoms with Gasteiger partial charge in [0.15, 0.2) is 0 Å². The van der Waals surface area contributed by atoms with Crippen LogP contribution < -0.4 is 0 Å². The average Bonchev–Trinajstić information content (AvgIpc) is 3.85. The lowest BCUT2D eigenvalue weighted by Crippen LogP contribution is -1.96. The van der Waals surface area contributed by atoms with Crippen LogP contribution in [0.25, 0.3) is 97.1 Å². The standard InChI is InChI=1S/C42H24N2OS/c1-2-12-25(13-3-1)43-33-19-9-5-16-29(33)38-40(43)37-28-15-4-8-18-32(28)44(41(37)39-30-17-6-10-20-34(30)45-42(38)39)26-22-23-36-31(24-26)27-14-7-11-21-35(27)46-36/h1-24H. The maximum absolute atomic E-state index is 6.91. The number of nitrogens with zero attached hydrogens (tertiary/aromatic N) is 2. The summed E-state index contributed by atoms with van der Waals surface area (Å²) in [5.74, 6) is 0. The summed E-state index contributed by atoms with van der Waals surface area (Å²) in [6.45, 7) is 0. The van der Waals surface area contributed by atoms with Gasteiger partial charge in [0, 0.05) is 53.1 Å². The number of hydrogen-bond donors (Lipinski definition) is 0. The van der Waals surface area contributed by atoms with Gasteiger partial charge in [0.05, 0.1) is 32.8 Å². The first kappa shape index (κ1) is 24.5. The van der Waals surface area contributed by atoms with Crippen molar-refractivity contribution in [2.75, 3.05) is 0 Å². The summed E-state index contributed by atoms with van der Waals surface area (Å²) in [5.41, 5.74) is 8.81. The molecular formula is C42H24N2OS. The molecule has 4 heterocycles. The van der Waals surface area contributed by atoms with Crippen molar-refractivity contribution in [3.63, 3.8) is 0 Å². The van der Waals surface area contributed by atoms with Crippen molar-refractivity contribution in [3.8, 4) is 11.4 Å². The van der Waals surface area contributed by atoms with Gasteiger partial charge in [-0.15, -0.1) is 11.3 Å². The van der Waals surface area contributed by atoms with Gasteiger partial charge in [0.2, 0.25) is 0 Å². The van der Waals surface area contributed by atoms with Crippen molar-refractivity contribution in [3.05, 3.63) is 146 Å². The molecule has 0 aliphatic heterocycles. The summed E-state index contributed by atoms with van der Waals surface area (Å²) in [6.07, 6.45) is 0. The minimum absolute atomic E-state index is 0.902. The number of thiophene rings is 1. The highest BCUT2D eigenvalue weighted by Gasteiger charge is 2.27. The first-order valence-electron chi connectivity index (χ1n) is 15.6. The van der Waals surface area contributed by atoms with E-state index in [4.69, 9.17) is 4.42 Å². The molecule has 4 aromatic heterocycles. The predicted molar refractivity (Wildman–Crippen MR) is 195 cm³/mol. The number of furan rings is 1. The van der Waals surface area contributed by atoms with Gasteiger partial charge < -0.3 is 13.6 Å². The molecule has 0 atom stereocenters. The highest BCUT2D eigenvalue weighted by Crippen LogP contribution is 2.49. The minimum atomic E-state index is 0.902. The molecule has 0 aliphatic carbocycles. The van der Waals surface area contributed by atoms with E-state index >= 15 is 0 Å². The Hall–Kier alpha value is -5.84. The Morgan fingerprint density at radius 2 is 0.978 bits per heavy atom. The van der Waals surface area contributed by atoms with Crippen molar-refractivity contribution >= 4 is 97.1 Å². The molecule has 3 nitrogen and oxygen atoms in total. The Balaban J connectivity index is 1.45. The van der Waals surface area contributed by atoms with Crippen LogP contribution >= 0.6 is 11.3 Å². The third-order valence-electron chi connectivity index (χ3n) is 9.68. The summed E-state index contributed by atoms with van der Waals surface area (Å²) in [5, 5.41) is 9.68. The van der Waals surface area contributed by atoms with E-state index in [1.165, 1.54) is 58.4 Å². The Morgan fingerprint density at radius 3 is 1.76 bits per heavy atom. The lowest BCUT2D eigenvalue weighted by atomic mass is 10.0. The van der Waals surface area contributed by atoms with Gasteiger partial charge in [-0.1, -0.05) is 91.0 Å². The zero-order valence-electron chi connectivity index (χ0n) is 24.6. The van der Waals surface area contributed by atoms with E-state index < -0.39 is 0 Å². The van der Waals surface area contributed by atoms with E-state index in [9.17, 15) is 0 Å². The lowest BCUT2D eigenvalue weighted by molar-refractivity contribution is 0.673. The largest absolute Gasteiger partial charge is 0.455 e. The number of benzene rings is 7. The third-order valence-corrected chi connectivity index (χ3v) is 10.8. The number of aromatic nitrogens is 2. The molecule has 7 aromatic carbocycles. The Labute approximate surface area is 266 Å². The fourth-order valence-corrected chi connectivity index (χ4v) is 8.93. The Morgan fingerprint density at radius 1 is 0.413 bits per heavy atom. The van der Waals surface area contributed by atoms with Crippen LogP contribution in [0, 0.1) is 0 Å². The second kappa shape index (κ2) is 8.87. The Kier molecular flexibility index (Phi) is 4.72. The van der Waals surface area contributed by atoms with Gasteiger partial charge in [-0.2, -0.15) is 0 Å². The number of fused-ring (bicyclic) bond motifs is 15. The van der Waals surface area contributed by atoms with E-state index in [2.05, 4.69) is 155 Å². The van der Waals surface area contributed by atoms with Crippen LogP contribution in [-0.2, 0) is 0 Å².